The van der Waals surface area contributed by atoms with Gasteiger partial charge in [0.2, 0.25) is 0 Å². The van der Waals surface area contributed by atoms with Crippen LogP contribution >= 0.6 is 0 Å². The molecule has 2 saturated heterocycles. The summed E-state index contributed by atoms with van der Waals surface area (Å²) in [5.74, 6) is -2.19. The highest BCUT2D eigenvalue weighted by Crippen LogP contribution is 2.45. The van der Waals surface area contributed by atoms with Gasteiger partial charge in [-0.15, -0.1) is 0 Å². The lowest BCUT2D eigenvalue weighted by Gasteiger charge is -2.47. The van der Waals surface area contributed by atoms with Gasteiger partial charge in [-0.05, 0) is 72.4 Å². The van der Waals surface area contributed by atoms with Crippen LogP contribution in [-0.4, -0.2) is 35.5 Å². The Morgan fingerprint density at radius 3 is 2.11 bits per heavy atom. The molecule has 0 N–H and O–H groups in total. The first-order valence-electron chi connectivity index (χ1n) is 13.5. The van der Waals surface area contributed by atoms with Crippen molar-refractivity contribution in [3.8, 4) is 11.1 Å². The molecule has 0 saturated carbocycles. The van der Waals surface area contributed by atoms with Gasteiger partial charge in [-0.25, -0.2) is 13.6 Å². The van der Waals surface area contributed by atoms with Crippen LogP contribution in [0.25, 0.3) is 11.1 Å². The summed E-state index contributed by atoms with van der Waals surface area (Å²) in [5.41, 5.74) is 5.04. The Bertz CT molecular complexity index is 1340. The lowest BCUT2D eigenvalue weighted by molar-refractivity contribution is -0.126. The Balaban J connectivity index is 1.13. The number of fused-ring (bicyclic) bond motifs is 5. The van der Waals surface area contributed by atoms with Crippen LogP contribution in [0, 0.1) is 24.5 Å². The molecule has 6 heteroatoms. The topological polar surface area (TPSA) is 46.6 Å². The van der Waals surface area contributed by atoms with Crippen LogP contribution in [-0.2, 0) is 16.0 Å². The summed E-state index contributed by atoms with van der Waals surface area (Å²) in [4.78, 5) is 28.4. The number of benzene rings is 3. The van der Waals surface area contributed by atoms with Crippen LogP contribution in [0.4, 0.5) is 13.6 Å². The number of carbonyl (C=O) groups excluding carboxylic acids is 2. The molecule has 196 valence electrons. The van der Waals surface area contributed by atoms with E-state index in [1.54, 1.807) is 0 Å². The van der Waals surface area contributed by atoms with E-state index in [-0.39, 0.29) is 60.0 Å². The van der Waals surface area contributed by atoms with E-state index in [9.17, 15) is 18.4 Å². The maximum atomic E-state index is 14.4. The van der Waals surface area contributed by atoms with Crippen molar-refractivity contribution >= 4 is 11.9 Å². The smallest absolute Gasteiger partial charge is 0.410 e. The van der Waals surface area contributed by atoms with Crippen LogP contribution in [0.3, 0.4) is 0 Å². The Morgan fingerprint density at radius 1 is 0.868 bits per heavy atom. The molecule has 0 radical (unpaired) electrons. The van der Waals surface area contributed by atoms with Gasteiger partial charge >= 0.3 is 6.09 Å². The molecule has 0 aromatic heterocycles. The molecule has 3 aromatic carbocycles. The molecule has 1 amide bonds. The first-order valence-corrected chi connectivity index (χ1v) is 13.5. The van der Waals surface area contributed by atoms with Gasteiger partial charge in [0.25, 0.3) is 0 Å². The van der Waals surface area contributed by atoms with Crippen molar-refractivity contribution in [2.24, 2.45) is 5.92 Å². The van der Waals surface area contributed by atoms with Gasteiger partial charge in [0.15, 0.2) is 11.6 Å². The van der Waals surface area contributed by atoms with Crippen LogP contribution in [0.2, 0.25) is 0 Å². The molecule has 4 nitrogen and oxygen atoms in total. The Morgan fingerprint density at radius 2 is 1.47 bits per heavy atom. The molecule has 0 spiro atoms. The fourth-order valence-corrected chi connectivity index (χ4v) is 6.77. The van der Waals surface area contributed by atoms with Crippen molar-refractivity contribution in [3.63, 3.8) is 0 Å². The number of ketones is 1. The highest BCUT2D eigenvalue weighted by molar-refractivity contribution is 5.84. The normalized spacial score (nSPS) is 22.1. The average molecular weight is 516 g/mol. The van der Waals surface area contributed by atoms with Crippen LogP contribution in [0.15, 0.2) is 60.7 Å². The molecular weight excluding hydrogens is 484 g/mol. The van der Waals surface area contributed by atoms with E-state index in [1.165, 1.54) is 41.3 Å². The molecule has 2 heterocycles. The standard InChI is InChI=1S/C32H31F2NO3/c1-19-13-14-20(31(34)30(19)33)17-29(36)21-15-22-7-6-8-23(16-21)35(22)32(37)38-18-28-26-11-4-2-9-24(26)25-10-3-5-12-27(25)28/h2-5,9-14,21-23,28H,6-8,15-18H2,1H3. The van der Waals surface area contributed by atoms with E-state index < -0.39 is 11.6 Å². The molecular formula is C32H31F2NO3. The highest BCUT2D eigenvalue weighted by atomic mass is 19.2. The number of ether oxygens (including phenoxy) is 1. The Labute approximate surface area is 221 Å². The summed E-state index contributed by atoms with van der Waals surface area (Å²) >= 11 is 0. The van der Waals surface area contributed by atoms with Gasteiger partial charge < -0.3 is 9.64 Å². The fourth-order valence-electron chi connectivity index (χ4n) is 6.77. The van der Waals surface area contributed by atoms with Crippen molar-refractivity contribution in [1.29, 1.82) is 0 Å². The first-order chi connectivity index (χ1) is 18.4. The fraction of sp³-hybridized carbons (Fsp3) is 0.375. The van der Waals surface area contributed by atoms with Crippen molar-refractivity contribution in [2.45, 2.75) is 63.5 Å². The minimum Gasteiger partial charge on any atom is -0.448 e. The summed E-state index contributed by atoms with van der Waals surface area (Å²) in [5, 5.41) is 0. The average Bonchev–Trinajstić information content (AvgIpc) is 3.25. The molecule has 2 atom stereocenters. The third-order valence-electron chi connectivity index (χ3n) is 8.70. The second kappa shape index (κ2) is 9.97. The van der Waals surface area contributed by atoms with Crippen molar-refractivity contribution in [1.82, 2.24) is 4.90 Å². The number of nitrogens with zero attached hydrogens (tertiary/aromatic N) is 1. The van der Waals surface area contributed by atoms with Crippen LogP contribution in [0.1, 0.15) is 60.3 Å². The Hall–Kier alpha value is -3.54. The van der Waals surface area contributed by atoms with Crippen molar-refractivity contribution in [3.05, 3.63) is 94.6 Å². The zero-order valence-corrected chi connectivity index (χ0v) is 21.5. The third kappa shape index (κ3) is 4.30. The van der Waals surface area contributed by atoms with Gasteiger partial charge in [-0.2, -0.15) is 0 Å². The van der Waals surface area contributed by atoms with Gasteiger partial charge in [0, 0.05) is 30.3 Å². The SMILES string of the molecule is Cc1ccc(CC(=O)C2CC3CCCC(C2)N3C(=O)OCC2c3ccccc3-c3ccccc32)c(F)c1F. The quantitative estimate of drug-likeness (QED) is 0.369. The zero-order valence-electron chi connectivity index (χ0n) is 21.5. The molecule has 2 bridgehead atoms. The maximum Gasteiger partial charge on any atom is 0.410 e. The molecule has 1 aliphatic carbocycles. The summed E-state index contributed by atoms with van der Waals surface area (Å²) in [6.07, 6.45) is 3.26. The Kier molecular flexibility index (Phi) is 6.50. The molecule has 6 rings (SSSR count). The zero-order chi connectivity index (χ0) is 26.4. The minimum atomic E-state index is -0.936. The molecule has 3 aliphatic rings. The number of hydrogen-bond acceptors (Lipinski definition) is 3. The van der Waals surface area contributed by atoms with Crippen LogP contribution in [0.5, 0.6) is 0 Å². The number of amides is 1. The molecule has 3 aromatic rings. The molecule has 2 aliphatic heterocycles. The second-order valence-corrected chi connectivity index (χ2v) is 10.9. The lowest BCUT2D eigenvalue weighted by Crippen LogP contribution is -2.56. The van der Waals surface area contributed by atoms with E-state index >= 15 is 0 Å². The van der Waals surface area contributed by atoms with E-state index in [0.717, 1.165) is 19.3 Å². The van der Waals surface area contributed by atoms with Gasteiger partial charge in [-0.1, -0.05) is 60.7 Å². The third-order valence-corrected chi connectivity index (χ3v) is 8.70. The van der Waals surface area contributed by atoms with E-state index in [2.05, 4.69) is 24.3 Å². The monoisotopic (exact) mass is 515 g/mol. The first kappa shape index (κ1) is 24.8. The van der Waals surface area contributed by atoms with E-state index in [4.69, 9.17) is 4.74 Å². The number of halogens is 2. The summed E-state index contributed by atoms with van der Waals surface area (Å²) < 4.78 is 34.4. The summed E-state index contributed by atoms with van der Waals surface area (Å²) in [6.45, 7) is 1.77. The van der Waals surface area contributed by atoms with Gasteiger partial charge in [0.05, 0.1) is 0 Å². The van der Waals surface area contributed by atoms with E-state index in [1.807, 2.05) is 29.2 Å². The summed E-state index contributed by atoms with van der Waals surface area (Å²) in [6, 6.07) is 19.4. The number of piperidine rings is 2. The van der Waals surface area contributed by atoms with Crippen LogP contribution < -0.4 is 0 Å². The number of aryl methyl sites for hydroxylation is 1. The largest absolute Gasteiger partial charge is 0.448 e. The number of rotatable bonds is 5. The predicted molar refractivity (Wildman–Crippen MR) is 141 cm³/mol. The number of hydrogen-bond donors (Lipinski definition) is 0. The number of Topliss-reactive ketones (excluding diaryl/α,β-unsaturated/α-hetero) is 1. The summed E-state index contributed by atoms with van der Waals surface area (Å²) in [7, 11) is 0. The molecule has 38 heavy (non-hydrogen) atoms. The van der Waals surface area contributed by atoms with Gasteiger partial charge in [0.1, 0.15) is 12.4 Å². The minimum absolute atomic E-state index is 0.00453. The lowest BCUT2D eigenvalue weighted by atomic mass is 9.76. The molecule has 2 fully saturated rings. The van der Waals surface area contributed by atoms with Crippen molar-refractivity contribution in [2.75, 3.05) is 6.61 Å². The number of carbonyl (C=O) groups is 2. The van der Waals surface area contributed by atoms with E-state index in [0.29, 0.717) is 12.8 Å². The highest BCUT2D eigenvalue weighted by Gasteiger charge is 2.44. The predicted octanol–water partition coefficient (Wildman–Crippen LogP) is 6.97. The maximum absolute atomic E-state index is 14.4. The second-order valence-electron chi connectivity index (χ2n) is 10.9. The van der Waals surface area contributed by atoms with Gasteiger partial charge in [-0.3, -0.25) is 4.79 Å². The molecule has 2 unspecified atom stereocenters. The van der Waals surface area contributed by atoms with Crippen molar-refractivity contribution < 1.29 is 23.1 Å².